The molecule has 1 unspecified atom stereocenters. The number of rotatable bonds is 7. The van der Waals surface area contributed by atoms with Crippen LogP contribution in [0.5, 0.6) is 0 Å². The molecule has 1 aliphatic carbocycles. The minimum absolute atomic E-state index is 0. The zero-order valence-electron chi connectivity index (χ0n) is 20.8. The molecule has 2 heterocycles. The van der Waals surface area contributed by atoms with Crippen molar-refractivity contribution in [3.8, 4) is 0 Å². The van der Waals surface area contributed by atoms with Crippen LogP contribution in [0.3, 0.4) is 0 Å². The van der Waals surface area contributed by atoms with E-state index in [0.717, 1.165) is 38.2 Å². The highest BCUT2D eigenvalue weighted by atomic mass is 127. The van der Waals surface area contributed by atoms with E-state index in [1.807, 2.05) is 0 Å². The zero-order valence-corrected chi connectivity index (χ0v) is 23.1. The summed E-state index contributed by atoms with van der Waals surface area (Å²) in [4.78, 5) is 12.6. The first kappa shape index (κ1) is 26.7. The van der Waals surface area contributed by atoms with Gasteiger partial charge in [0.2, 0.25) is 0 Å². The van der Waals surface area contributed by atoms with Gasteiger partial charge in [-0.3, -0.25) is 9.80 Å². The Bertz CT molecular complexity index is 718. The third-order valence-corrected chi connectivity index (χ3v) is 7.41. The second-order valence-corrected chi connectivity index (χ2v) is 10.0. The van der Waals surface area contributed by atoms with Gasteiger partial charge in [0.25, 0.3) is 0 Å². The van der Waals surface area contributed by atoms with Gasteiger partial charge >= 0.3 is 0 Å². The Morgan fingerprint density at radius 1 is 0.939 bits per heavy atom. The van der Waals surface area contributed by atoms with Gasteiger partial charge in [-0.1, -0.05) is 37.1 Å². The summed E-state index contributed by atoms with van der Waals surface area (Å²) in [6.07, 6.45) is 8.11. The number of nitrogens with one attached hydrogen (secondary N) is 2. The van der Waals surface area contributed by atoms with Crippen LogP contribution in [-0.2, 0) is 13.1 Å². The van der Waals surface area contributed by atoms with Gasteiger partial charge in [-0.05, 0) is 63.9 Å². The molecule has 2 N–H and O–H groups in total. The van der Waals surface area contributed by atoms with E-state index in [9.17, 15) is 0 Å². The van der Waals surface area contributed by atoms with Crippen molar-refractivity contribution >= 4 is 29.9 Å². The van der Waals surface area contributed by atoms with Gasteiger partial charge < -0.3 is 15.5 Å². The fourth-order valence-electron chi connectivity index (χ4n) is 5.46. The van der Waals surface area contributed by atoms with E-state index >= 15 is 0 Å². The van der Waals surface area contributed by atoms with Crippen molar-refractivity contribution in [2.24, 2.45) is 4.99 Å². The molecule has 1 atom stereocenters. The van der Waals surface area contributed by atoms with Crippen molar-refractivity contribution in [3.05, 3.63) is 35.4 Å². The van der Waals surface area contributed by atoms with Gasteiger partial charge in [0.15, 0.2) is 5.96 Å². The average molecular weight is 569 g/mol. The molecular formula is C26H45IN6. The molecule has 33 heavy (non-hydrogen) atoms. The van der Waals surface area contributed by atoms with E-state index in [-0.39, 0.29) is 24.0 Å². The number of aliphatic imine (C=N–C) groups is 1. The van der Waals surface area contributed by atoms with Crippen LogP contribution in [0.15, 0.2) is 29.3 Å². The Hall–Kier alpha value is -0.900. The maximum Gasteiger partial charge on any atom is 0.191 e. The predicted molar refractivity (Wildman–Crippen MR) is 149 cm³/mol. The van der Waals surface area contributed by atoms with Gasteiger partial charge in [-0.25, -0.2) is 4.99 Å². The lowest BCUT2D eigenvalue weighted by Gasteiger charge is -2.24. The van der Waals surface area contributed by atoms with Crippen molar-refractivity contribution in [1.82, 2.24) is 25.3 Å². The van der Waals surface area contributed by atoms with Crippen molar-refractivity contribution in [1.29, 1.82) is 0 Å². The van der Waals surface area contributed by atoms with Crippen molar-refractivity contribution in [2.75, 3.05) is 52.9 Å². The number of guanidine groups is 1. The first-order chi connectivity index (χ1) is 15.7. The number of likely N-dealkylation sites (N-methyl/N-ethyl adjacent to an activating group) is 1. The van der Waals surface area contributed by atoms with Crippen LogP contribution in [0.2, 0.25) is 0 Å². The maximum atomic E-state index is 4.90. The van der Waals surface area contributed by atoms with E-state index in [4.69, 9.17) is 4.99 Å². The van der Waals surface area contributed by atoms with Crippen molar-refractivity contribution in [2.45, 2.75) is 70.6 Å². The van der Waals surface area contributed by atoms with E-state index in [2.05, 4.69) is 63.6 Å². The minimum Gasteiger partial charge on any atom is -0.357 e. The highest BCUT2D eigenvalue weighted by Gasteiger charge is 2.30. The molecule has 1 aromatic carbocycles. The van der Waals surface area contributed by atoms with Crippen LogP contribution >= 0.6 is 24.0 Å². The summed E-state index contributed by atoms with van der Waals surface area (Å²) in [6.45, 7) is 12.0. The molecule has 0 radical (unpaired) electrons. The molecule has 0 aromatic heterocycles. The maximum absolute atomic E-state index is 4.90. The summed E-state index contributed by atoms with van der Waals surface area (Å²) in [5.41, 5.74) is 2.69. The lowest BCUT2D eigenvalue weighted by atomic mass is 10.1. The van der Waals surface area contributed by atoms with Gasteiger partial charge in [0, 0.05) is 51.4 Å². The number of halogens is 1. The van der Waals surface area contributed by atoms with Crippen LogP contribution in [0.4, 0.5) is 0 Å². The van der Waals surface area contributed by atoms with Gasteiger partial charge in [-0.15, -0.1) is 24.0 Å². The van der Waals surface area contributed by atoms with E-state index in [1.165, 1.54) is 82.4 Å². The fourth-order valence-corrected chi connectivity index (χ4v) is 5.46. The molecule has 4 rings (SSSR count). The molecule has 0 bridgehead atoms. The SMILES string of the molecule is CCNC(=NCc1ccc(CN2CCCN(C)CC2)cc1)NC1CCN(C2CCCC2)C1.I. The number of likely N-dealkylation sites (tertiary alicyclic amines) is 1. The molecular weight excluding hydrogens is 523 g/mol. The average Bonchev–Trinajstić information content (AvgIpc) is 3.45. The lowest BCUT2D eigenvalue weighted by Crippen LogP contribution is -2.45. The van der Waals surface area contributed by atoms with Crippen LogP contribution in [0, 0.1) is 0 Å². The van der Waals surface area contributed by atoms with Crippen molar-refractivity contribution < 1.29 is 0 Å². The molecule has 3 fully saturated rings. The lowest BCUT2D eigenvalue weighted by molar-refractivity contribution is 0.242. The number of hydrogen-bond acceptors (Lipinski definition) is 4. The normalized spacial score (nSPS) is 23.9. The van der Waals surface area contributed by atoms with E-state index in [0.29, 0.717) is 6.04 Å². The summed E-state index contributed by atoms with van der Waals surface area (Å²) in [5.74, 6) is 0.962. The second kappa shape index (κ2) is 13.9. The molecule has 1 saturated carbocycles. The quantitative estimate of drug-likeness (QED) is 0.300. The Labute approximate surface area is 218 Å². The van der Waals surface area contributed by atoms with E-state index < -0.39 is 0 Å². The van der Waals surface area contributed by atoms with Crippen LogP contribution < -0.4 is 10.6 Å². The Morgan fingerprint density at radius 2 is 1.70 bits per heavy atom. The summed E-state index contributed by atoms with van der Waals surface area (Å²) >= 11 is 0. The monoisotopic (exact) mass is 568 g/mol. The second-order valence-electron chi connectivity index (χ2n) is 10.0. The standard InChI is InChI=1S/C26H44N6.HI/c1-3-27-26(29-24-13-16-32(21-24)25-7-4-5-8-25)28-19-22-9-11-23(12-10-22)20-31-15-6-14-30(2)17-18-31;/h9-12,24-25H,3-8,13-21H2,1-2H3,(H2,27,28,29);1H. The molecule has 6 nitrogen and oxygen atoms in total. The Morgan fingerprint density at radius 3 is 2.45 bits per heavy atom. The number of nitrogens with zero attached hydrogens (tertiary/aromatic N) is 4. The fraction of sp³-hybridized carbons (Fsp3) is 0.731. The topological polar surface area (TPSA) is 46.1 Å². The molecule has 0 amide bonds. The van der Waals surface area contributed by atoms with Crippen LogP contribution in [0.25, 0.3) is 0 Å². The Kier molecular flexibility index (Phi) is 11.2. The van der Waals surface area contributed by atoms with E-state index in [1.54, 1.807) is 0 Å². The van der Waals surface area contributed by atoms with Gasteiger partial charge in [-0.2, -0.15) is 0 Å². The summed E-state index contributed by atoms with van der Waals surface area (Å²) in [7, 11) is 2.23. The molecule has 7 heteroatoms. The van der Waals surface area contributed by atoms with Gasteiger partial charge in [0.1, 0.15) is 0 Å². The number of hydrogen-bond donors (Lipinski definition) is 2. The zero-order chi connectivity index (χ0) is 22.2. The first-order valence-electron chi connectivity index (χ1n) is 13.0. The van der Waals surface area contributed by atoms with Crippen LogP contribution in [-0.4, -0.2) is 85.6 Å². The predicted octanol–water partition coefficient (Wildman–Crippen LogP) is 3.51. The molecule has 2 aliphatic heterocycles. The highest BCUT2D eigenvalue weighted by molar-refractivity contribution is 14.0. The minimum atomic E-state index is 0. The Balaban J connectivity index is 0.00000306. The first-order valence-corrected chi connectivity index (χ1v) is 13.0. The largest absolute Gasteiger partial charge is 0.357 e. The van der Waals surface area contributed by atoms with Crippen LogP contribution in [0.1, 0.15) is 56.6 Å². The highest BCUT2D eigenvalue weighted by Crippen LogP contribution is 2.26. The molecule has 186 valence electrons. The third kappa shape index (κ3) is 8.37. The summed E-state index contributed by atoms with van der Waals surface area (Å²) in [6, 6.07) is 10.4. The molecule has 1 aromatic rings. The number of benzene rings is 1. The molecule has 2 saturated heterocycles. The molecule has 0 spiro atoms. The molecule has 3 aliphatic rings. The van der Waals surface area contributed by atoms with Gasteiger partial charge in [0.05, 0.1) is 6.54 Å². The van der Waals surface area contributed by atoms with Crippen molar-refractivity contribution in [3.63, 3.8) is 0 Å². The summed E-state index contributed by atoms with van der Waals surface area (Å²) < 4.78 is 0. The smallest absolute Gasteiger partial charge is 0.191 e. The third-order valence-electron chi connectivity index (χ3n) is 7.41. The summed E-state index contributed by atoms with van der Waals surface area (Å²) in [5, 5.41) is 7.15.